The third kappa shape index (κ3) is 1.76. The normalized spacial score (nSPS) is 19.5. The van der Waals surface area contributed by atoms with Gasteiger partial charge in [-0.2, -0.15) is 0 Å². The lowest BCUT2D eigenvalue weighted by molar-refractivity contribution is -0.115. The van der Waals surface area contributed by atoms with Gasteiger partial charge in [0.25, 0.3) is 0 Å². The summed E-state index contributed by atoms with van der Waals surface area (Å²) in [5.41, 5.74) is 0.677. The minimum Gasteiger partial charge on any atom is -0.504 e. The van der Waals surface area contributed by atoms with Gasteiger partial charge in [-0.3, -0.25) is 4.79 Å². The quantitative estimate of drug-likeness (QED) is 0.683. The first kappa shape index (κ1) is 9.52. The van der Waals surface area contributed by atoms with Crippen LogP contribution in [0.3, 0.4) is 0 Å². The fourth-order valence-corrected chi connectivity index (χ4v) is 1.53. The van der Waals surface area contributed by atoms with Crippen molar-refractivity contribution in [1.29, 1.82) is 0 Å². The maximum Gasteiger partial charge on any atom is 0.166 e. The summed E-state index contributed by atoms with van der Waals surface area (Å²) in [6.45, 7) is 0. The molecule has 0 aromatic heterocycles. The van der Waals surface area contributed by atoms with Gasteiger partial charge >= 0.3 is 0 Å². The van der Waals surface area contributed by atoms with E-state index >= 15 is 0 Å². The molecule has 2 rings (SSSR count). The van der Waals surface area contributed by atoms with Crippen molar-refractivity contribution in [3.8, 4) is 11.5 Å². The molecule has 15 heavy (non-hydrogen) atoms. The van der Waals surface area contributed by atoms with Crippen LogP contribution in [0.5, 0.6) is 11.5 Å². The van der Waals surface area contributed by atoms with Gasteiger partial charge in [-0.25, -0.2) is 0 Å². The maximum atomic E-state index is 11.5. The highest BCUT2D eigenvalue weighted by Crippen LogP contribution is 2.30. The number of carbonyl (C=O) groups excluding carboxylic acids is 1. The van der Waals surface area contributed by atoms with Crippen LogP contribution in [0.2, 0.25) is 0 Å². The van der Waals surface area contributed by atoms with Crippen LogP contribution in [0.25, 0.3) is 0 Å². The lowest BCUT2D eigenvalue weighted by atomic mass is 9.91. The summed E-state index contributed by atoms with van der Waals surface area (Å²) in [7, 11) is 0. The van der Waals surface area contributed by atoms with E-state index < -0.39 is 0 Å². The average Bonchev–Trinajstić information content (AvgIpc) is 2.23. The molecule has 2 N–H and O–H groups in total. The Morgan fingerprint density at radius 1 is 1.07 bits per heavy atom. The van der Waals surface area contributed by atoms with Crippen molar-refractivity contribution in [1.82, 2.24) is 0 Å². The molecule has 0 aliphatic heterocycles. The molecule has 0 saturated heterocycles. The van der Waals surface area contributed by atoms with Crippen LogP contribution in [0, 0.1) is 0 Å². The van der Waals surface area contributed by atoms with Gasteiger partial charge < -0.3 is 10.2 Å². The van der Waals surface area contributed by atoms with E-state index in [1.165, 1.54) is 18.2 Å². The smallest absolute Gasteiger partial charge is 0.166 e. The van der Waals surface area contributed by atoms with Gasteiger partial charge in [0, 0.05) is 0 Å². The summed E-state index contributed by atoms with van der Waals surface area (Å²) < 4.78 is 0. The number of hydrogen-bond donors (Lipinski definition) is 2. The fraction of sp³-hybridized carbons (Fsp3) is 0.0833. The van der Waals surface area contributed by atoms with Crippen LogP contribution in [0.4, 0.5) is 0 Å². The summed E-state index contributed by atoms with van der Waals surface area (Å²) in [6, 6.07) is 4.41. The van der Waals surface area contributed by atoms with E-state index in [0.717, 1.165) is 0 Å². The highest BCUT2D eigenvalue weighted by atomic mass is 16.3. The van der Waals surface area contributed by atoms with Gasteiger partial charge in [-0.1, -0.05) is 24.3 Å². The number of rotatable bonds is 1. The Kier molecular flexibility index (Phi) is 2.29. The second kappa shape index (κ2) is 3.61. The van der Waals surface area contributed by atoms with Crippen molar-refractivity contribution in [2.45, 2.75) is 5.92 Å². The molecule has 1 aliphatic rings. The summed E-state index contributed by atoms with van der Waals surface area (Å²) in [5.74, 6) is -0.770. The van der Waals surface area contributed by atoms with Crippen LogP contribution in [-0.2, 0) is 4.79 Å². The Balaban J connectivity index is 2.38. The van der Waals surface area contributed by atoms with E-state index in [4.69, 9.17) is 5.11 Å². The van der Waals surface area contributed by atoms with Crippen molar-refractivity contribution in [2.24, 2.45) is 0 Å². The van der Waals surface area contributed by atoms with E-state index in [1.807, 2.05) is 0 Å². The number of aromatic hydroxyl groups is 2. The molecule has 0 radical (unpaired) electrons. The number of ketones is 1. The molecule has 0 heterocycles. The Labute approximate surface area is 87.0 Å². The zero-order valence-electron chi connectivity index (χ0n) is 7.92. The third-order valence-corrected chi connectivity index (χ3v) is 2.34. The molecule has 0 fully saturated rings. The highest BCUT2D eigenvalue weighted by Gasteiger charge is 2.17. The molecular formula is C12H10O3. The average molecular weight is 202 g/mol. The number of allylic oxidation sites excluding steroid dienone is 4. The standard InChI is InChI=1S/C12H10O3/c13-10-4-2-1-3-9(10)8-5-6-11(14)12(15)7-8/h1-7,9,14-15H. The molecule has 0 amide bonds. The van der Waals surface area contributed by atoms with Crippen LogP contribution < -0.4 is 0 Å². The van der Waals surface area contributed by atoms with Gasteiger partial charge in [0.15, 0.2) is 17.3 Å². The molecule has 76 valence electrons. The molecular weight excluding hydrogens is 192 g/mol. The second-order valence-corrected chi connectivity index (χ2v) is 3.37. The molecule has 3 heteroatoms. The minimum absolute atomic E-state index is 0.0254. The predicted octanol–water partition coefficient (Wildman–Crippen LogP) is 1.88. The predicted molar refractivity (Wildman–Crippen MR) is 55.8 cm³/mol. The highest BCUT2D eigenvalue weighted by molar-refractivity contribution is 5.98. The summed E-state index contributed by atoms with van der Waals surface area (Å²) in [4.78, 5) is 11.5. The molecule has 1 atom stereocenters. The number of carbonyl (C=O) groups is 1. The SMILES string of the molecule is O=C1C=CC=CC1c1ccc(O)c(O)c1. The summed E-state index contributed by atoms with van der Waals surface area (Å²) >= 11 is 0. The number of phenolic OH excluding ortho intramolecular Hbond substituents is 2. The van der Waals surface area contributed by atoms with Gasteiger partial charge in [0.2, 0.25) is 0 Å². The number of benzene rings is 1. The number of phenols is 2. The molecule has 0 saturated carbocycles. The Hall–Kier alpha value is -2.03. The Morgan fingerprint density at radius 2 is 1.87 bits per heavy atom. The molecule has 0 spiro atoms. The van der Waals surface area contributed by atoms with E-state index in [2.05, 4.69) is 0 Å². The van der Waals surface area contributed by atoms with Crippen molar-refractivity contribution < 1.29 is 15.0 Å². The first-order chi connectivity index (χ1) is 7.18. The van der Waals surface area contributed by atoms with Crippen molar-refractivity contribution in [3.05, 3.63) is 48.1 Å². The molecule has 1 aromatic carbocycles. The van der Waals surface area contributed by atoms with Crippen LogP contribution >= 0.6 is 0 Å². The second-order valence-electron chi connectivity index (χ2n) is 3.37. The van der Waals surface area contributed by atoms with Gasteiger partial charge in [0.1, 0.15) is 0 Å². The van der Waals surface area contributed by atoms with Gasteiger partial charge in [-0.05, 0) is 23.8 Å². The summed E-state index contributed by atoms with van der Waals surface area (Å²) in [6.07, 6.45) is 6.72. The molecule has 1 aromatic rings. The number of hydrogen-bond acceptors (Lipinski definition) is 3. The fourth-order valence-electron chi connectivity index (χ4n) is 1.53. The molecule has 1 aliphatic carbocycles. The van der Waals surface area contributed by atoms with E-state index in [-0.39, 0.29) is 23.2 Å². The first-order valence-electron chi connectivity index (χ1n) is 4.59. The Morgan fingerprint density at radius 3 is 2.53 bits per heavy atom. The summed E-state index contributed by atoms with van der Waals surface area (Å²) in [5, 5.41) is 18.5. The first-order valence-corrected chi connectivity index (χ1v) is 4.59. The van der Waals surface area contributed by atoms with Gasteiger partial charge in [-0.15, -0.1) is 0 Å². The van der Waals surface area contributed by atoms with Crippen molar-refractivity contribution in [2.75, 3.05) is 0 Å². The van der Waals surface area contributed by atoms with Crippen molar-refractivity contribution in [3.63, 3.8) is 0 Å². The maximum absolute atomic E-state index is 11.5. The zero-order valence-corrected chi connectivity index (χ0v) is 7.92. The zero-order chi connectivity index (χ0) is 10.8. The van der Waals surface area contributed by atoms with Crippen LogP contribution in [-0.4, -0.2) is 16.0 Å². The molecule has 1 unspecified atom stereocenters. The van der Waals surface area contributed by atoms with E-state index in [9.17, 15) is 9.90 Å². The molecule has 3 nitrogen and oxygen atoms in total. The lowest BCUT2D eigenvalue weighted by Crippen LogP contribution is -2.09. The monoisotopic (exact) mass is 202 g/mol. The van der Waals surface area contributed by atoms with E-state index in [1.54, 1.807) is 24.3 Å². The Bertz CT molecular complexity index is 458. The van der Waals surface area contributed by atoms with Crippen LogP contribution in [0.1, 0.15) is 11.5 Å². The van der Waals surface area contributed by atoms with Gasteiger partial charge in [0.05, 0.1) is 5.92 Å². The largest absolute Gasteiger partial charge is 0.504 e. The van der Waals surface area contributed by atoms with Crippen molar-refractivity contribution >= 4 is 5.78 Å². The molecule has 0 bridgehead atoms. The van der Waals surface area contributed by atoms with E-state index in [0.29, 0.717) is 5.56 Å². The third-order valence-electron chi connectivity index (χ3n) is 2.34. The van der Waals surface area contributed by atoms with Crippen LogP contribution in [0.15, 0.2) is 42.5 Å². The lowest BCUT2D eigenvalue weighted by Gasteiger charge is -2.12. The minimum atomic E-state index is -0.360. The topological polar surface area (TPSA) is 57.5 Å².